The van der Waals surface area contributed by atoms with Crippen molar-refractivity contribution in [3.63, 3.8) is 0 Å². The van der Waals surface area contributed by atoms with Crippen LogP contribution in [0.25, 0.3) is 87.3 Å². The fourth-order valence-electron chi connectivity index (χ4n) is 8.83. The van der Waals surface area contributed by atoms with Gasteiger partial charge in [-0.2, -0.15) is 0 Å². The Labute approximate surface area is 320 Å². The van der Waals surface area contributed by atoms with Gasteiger partial charge in [-0.15, -0.1) is 0 Å². The monoisotopic (exact) mass is 717 g/mol. The first-order valence-corrected chi connectivity index (χ1v) is 18.9. The Bertz CT molecular complexity index is 3430. The first-order valence-electron chi connectivity index (χ1n) is 18.9. The third-order valence-corrected chi connectivity index (χ3v) is 11.3. The summed E-state index contributed by atoms with van der Waals surface area (Å²) in [4.78, 5) is 10.5. The Balaban J connectivity index is 1.07. The molecule has 0 bridgehead atoms. The van der Waals surface area contributed by atoms with Crippen molar-refractivity contribution in [1.82, 2.24) is 5.32 Å². The molecule has 0 amide bonds. The van der Waals surface area contributed by atoms with Gasteiger partial charge in [0.15, 0.2) is 12.0 Å². The maximum atomic E-state index is 6.65. The lowest BCUT2D eigenvalue weighted by atomic mass is 9.91. The van der Waals surface area contributed by atoms with E-state index in [4.69, 9.17) is 18.8 Å². The van der Waals surface area contributed by atoms with Crippen LogP contribution in [0.5, 0.6) is 0 Å². The summed E-state index contributed by atoms with van der Waals surface area (Å²) < 4.78 is 13.2. The van der Waals surface area contributed by atoms with Crippen molar-refractivity contribution in [3.05, 3.63) is 193 Å². The summed E-state index contributed by atoms with van der Waals surface area (Å²) in [5.74, 6) is 1.37. The molecule has 12 rings (SSSR count). The number of amidine groups is 2. The second-order valence-corrected chi connectivity index (χ2v) is 14.5. The molecule has 5 nitrogen and oxygen atoms in total. The van der Waals surface area contributed by atoms with Crippen LogP contribution in [-0.4, -0.2) is 11.7 Å². The van der Waals surface area contributed by atoms with E-state index in [9.17, 15) is 0 Å². The van der Waals surface area contributed by atoms with Crippen molar-refractivity contribution in [2.75, 3.05) is 0 Å². The summed E-state index contributed by atoms with van der Waals surface area (Å²) in [5.41, 5.74) is 8.34. The van der Waals surface area contributed by atoms with Crippen LogP contribution in [0.3, 0.4) is 0 Å². The fraction of sp³-hybridized carbons (Fsp3) is 0.0196. The van der Waals surface area contributed by atoms with E-state index in [1.54, 1.807) is 0 Å². The molecule has 3 heterocycles. The fourth-order valence-corrected chi connectivity index (χ4v) is 8.83. The van der Waals surface area contributed by atoms with Gasteiger partial charge in [-0.3, -0.25) is 0 Å². The molecule has 0 saturated heterocycles. The highest BCUT2D eigenvalue weighted by Gasteiger charge is 2.27. The standard InChI is InChI=1S/C51H31N3O2/c1-2-13-30(14-3-1)49-52-50(54-51(53-49)41-23-10-21-39-38-19-8-9-24-43(38)56-48(39)41)40-22-12-26-45-47(40)46-32(20-11-25-44(46)55-45)31-27-28-37-35-17-5-4-15-33(35)34-16-6-7-18-36(34)42(37)29-31/h1-29,51H,(H,52,53,54). The van der Waals surface area contributed by atoms with E-state index >= 15 is 0 Å². The maximum Gasteiger partial charge on any atom is 0.159 e. The molecule has 0 saturated carbocycles. The Hall–Kier alpha value is -7.50. The van der Waals surface area contributed by atoms with Crippen LogP contribution in [0.4, 0.5) is 0 Å². The van der Waals surface area contributed by atoms with Gasteiger partial charge in [0, 0.05) is 38.2 Å². The number of nitrogens with zero attached hydrogens (tertiary/aromatic N) is 2. The maximum absolute atomic E-state index is 6.65. The lowest BCUT2D eigenvalue weighted by molar-refractivity contribution is 0.628. The number of hydrogen-bond acceptors (Lipinski definition) is 5. The van der Waals surface area contributed by atoms with E-state index in [-0.39, 0.29) is 0 Å². The number of benzene rings is 9. The second kappa shape index (κ2) is 12.0. The average molecular weight is 718 g/mol. The van der Waals surface area contributed by atoms with E-state index in [1.807, 2.05) is 48.5 Å². The van der Waals surface area contributed by atoms with Gasteiger partial charge in [-0.05, 0) is 67.7 Å². The zero-order chi connectivity index (χ0) is 36.7. The first kappa shape index (κ1) is 30.9. The smallest absolute Gasteiger partial charge is 0.159 e. The highest BCUT2D eigenvalue weighted by atomic mass is 16.3. The van der Waals surface area contributed by atoms with E-state index in [2.05, 4.69) is 133 Å². The first-order chi connectivity index (χ1) is 27.8. The van der Waals surface area contributed by atoms with Gasteiger partial charge in [0.05, 0.1) is 0 Å². The van der Waals surface area contributed by atoms with Crippen molar-refractivity contribution in [1.29, 1.82) is 0 Å². The van der Waals surface area contributed by atoms with Crippen LogP contribution in [0.2, 0.25) is 0 Å². The summed E-state index contributed by atoms with van der Waals surface area (Å²) in [6, 6.07) is 61.5. The Morgan fingerprint density at radius 1 is 0.411 bits per heavy atom. The van der Waals surface area contributed by atoms with Crippen molar-refractivity contribution in [2.45, 2.75) is 6.17 Å². The average Bonchev–Trinajstić information content (AvgIpc) is 3.85. The highest BCUT2D eigenvalue weighted by Crippen LogP contribution is 2.42. The third kappa shape index (κ3) is 4.61. The van der Waals surface area contributed by atoms with Crippen LogP contribution in [0.1, 0.15) is 22.9 Å². The Kier molecular flexibility index (Phi) is 6.63. The summed E-state index contributed by atoms with van der Waals surface area (Å²) in [7, 11) is 0. The van der Waals surface area contributed by atoms with E-state index in [0.717, 1.165) is 77.5 Å². The molecule has 1 N–H and O–H groups in total. The minimum Gasteiger partial charge on any atom is -0.456 e. The molecule has 5 heteroatoms. The molecule has 262 valence electrons. The summed E-state index contributed by atoms with van der Waals surface area (Å²) >= 11 is 0. The number of para-hydroxylation sites is 2. The molecule has 56 heavy (non-hydrogen) atoms. The van der Waals surface area contributed by atoms with Crippen molar-refractivity contribution >= 4 is 87.9 Å². The number of hydrogen-bond donors (Lipinski definition) is 1. The molecule has 9 aromatic carbocycles. The number of furan rings is 2. The minimum absolute atomic E-state index is 0.460. The largest absolute Gasteiger partial charge is 0.456 e. The molecule has 1 aliphatic rings. The van der Waals surface area contributed by atoms with Crippen LogP contribution in [0, 0.1) is 0 Å². The summed E-state index contributed by atoms with van der Waals surface area (Å²) in [6.07, 6.45) is -0.460. The lowest BCUT2D eigenvalue weighted by Gasteiger charge is -2.24. The number of aliphatic imine (C=N–C) groups is 2. The van der Waals surface area contributed by atoms with Gasteiger partial charge in [-0.25, -0.2) is 9.98 Å². The van der Waals surface area contributed by atoms with Crippen LogP contribution in [-0.2, 0) is 0 Å². The predicted octanol–water partition coefficient (Wildman–Crippen LogP) is 13.1. The van der Waals surface area contributed by atoms with Crippen molar-refractivity contribution in [3.8, 4) is 11.1 Å². The topological polar surface area (TPSA) is 63.0 Å². The molecule has 1 unspecified atom stereocenters. The number of nitrogens with one attached hydrogen (secondary N) is 1. The minimum atomic E-state index is -0.460. The summed E-state index contributed by atoms with van der Waals surface area (Å²) in [5, 5.41) is 15.4. The highest BCUT2D eigenvalue weighted by molar-refractivity contribution is 6.27. The van der Waals surface area contributed by atoms with E-state index < -0.39 is 6.17 Å². The van der Waals surface area contributed by atoms with Gasteiger partial charge in [0.25, 0.3) is 0 Å². The third-order valence-electron chi connectivity index (χ3n) is 11.3. The zero-order valence-electron chi connectivity index (χ0n) is 30.0. The van der Waals surface area contributed by atoms with Gasteiger partial charge < -0.3 is 14.2 Å². The van der Waals surface area contributed by atoms with Crippen LogP contribution in [0.15, 0.2) is 195 Å². The molecule has 0 radical (unpaired) electrons. The Morgan fingerprint density at radius 3 is 1.73 bits per heavy atom. The quantitative estimate of drug-likeness (QED) is 0.184. The second-order valence-electron chi connectivity index (χ2n) is 14.5. The van der Waals surface area contributed by atoms with Gasteiger partial charge in [-0.1, -0.05) is 152 Å². The van der Waals surface area contributed by atoms with Gasteiger partial charge in [0.1, 0.15) is 28.2 Å². The molecule has 1 atom stereocenters. The van der Waals surface area contributed by atoms with Crippen LogP contribution < -0.4 is 5.32 Å². The molecule has 0 aliphatic carbocycles. The normalized spacial score (nSPS) is 14.6. The molecule has 1 aliphatic heterocycles. The molecule has 0 fully saturated rings. The Morgan fingerprint density at radius 2 is 0.982 bits per heavy atom. The molecular weight excluding hydrogens is 687 g/mol. The lowest BCUT2D eigenvalue weighted by Crippen LogP contribution is -2.33. The zero-order valence-corrected chi connectivity index (χ0v) is 30.0. The molecule has 0 spiro atoms. The SMILES string of the molecule is c1ccc(C2=NC(c3cccc4c3oc3ccccc34)NC(c3cccc4oc5cccc(-c6ccc7c8ccccc8c8ccccc8c7c6)c5c34)=N2)cc1. The summed E-state index contributed by atoms with van der Waals surface area (Å²) in [6.45, 7) is 0. The van der Waals surface area contributed by atoms with Crippen molar-refractivity contribution in [2.24, 2.45) is 9.98 Å². The molecule has 11 aromatic rings. The molecular formula is C51H31N3O2. The van der Waals surface area contributed by atoms with Crippen LogP contribution >= 0.6 is 0 Å². The number of rotatable bonds is 4. The van der Waals surface area contributed by atoms with Gasteiger partial charge >= 0.3 is 0 Å². The number of fused-ring (bicyclic) bond motifs is 12. The van der Waals surface area contributed by atoms with Crippen molar-refractivity contribution < 1.29 is 8.83 Å². The molecule has 2 aromatic heterocycles. The van der Waals surface area contributed by atoms with E-state index in [1.165, 1.54) is 32.3 Å². The van der Waals surface area contributed by atoms with E-state index in [0.29, 0.717) is 5.84 Å². The van der Waals surface area contributed by atoms with Gasteiger partial charge in [0.2, 0.25) is 0 Å². The predicted molar refractivity (Wildman–Crippen MR) is 231 cm³/mol.